The molecule has 2 nitrogen and oxygen atoms in total. The molecular weight excluding hydrogens is 268 g/mol. The molecule has 0 saturated carbocycles. The van der Waals surface area contributed by atoms with Gasteiger partial charge in [-0.1, -0.05) is 29.8 Å². The van der Waals surface area contributed by atoms with Gasteiger partial charge < -0.3 is 10.2 Å². The van der Waals surface area contributed by atoms with E-state index in [1.54, 1.807) is 0 Å². The summed E-state index contributed by atoms with van der Waals surface area (Å²) in [5, 5.41) is 4.52. The number of benzene rings is 1. The third-order valence-corrected chi connectivity index (χ3v) is 5.93. The molecule has 2 heterocycles. The number of piperidine rings is 2. The number of rotatable bonds is 1. The lowest BCUT2D eigenvalue weighted by atomic mass is 9.61. The molecule has 2 saturated heterocycles. The van der Waals surface area contributed by atoms with E-state index in [0.717, 1.165) is 18.1 Å². The van der Waals surface area contributed by atoms with Crippen LogP contribution in [0, 0.1) is 5.41 Å². The van der Waals surface area contributed by atoms with Gasteiger partial charge in [0.25, 0.3) is 0 Å². The molecule has 1 spiro atoms. The SMILES string of the molecule is CC1CC2(CCNCC2c2ccccc2Cl)CCN1C. The summed E-state index contributed by atoms with van der Waals surface area (Å²) in [5.41, 5.74) is 1.78. The normalized spacial score (nSPS) is 35.4. The molecule has 0 amide bonds. The Labute approximate surface area is 127 Å². The summed E-state index contributed by atoms with van der Waals surface area (Å²) in [4.78, 5) is 2.50. The first kappa shape index (κ1) is 14.4. The molecule has 0 aliphatic carbocycles. The predicted molar refractivity (Wildman–Crippen MR) is 85.4 cm³/mol. The van der Waals surface area contributed by atoms with Crippen molar-refractivity contribution in [3.05, 3.63) is 34.9 Å². The van der Waals surface area contributed by atoms with E-state index in [-0.39, 0.29) is 0 Å². The summed E-state index contributed by atoms with van der Waals surface area (Å²) >= 11 is 6.49. The fraction of sp³-hybridized carbons (Fsp3) is 0.647. The molecule has 1 aromatic rings. The molecule has 2 aliphatic heterocycles. The van der Waals surface area contributed by atoms with Crippen LogP contribution in [0.15, 0.2) is 24.3 Å². The number of halogens is 1. The Morgan fingerprint density at radius 3 is 2.85 bits per heavy atom. The summed E-state index contributed by atoms with van der Waals surface area (Å²) in [6, 6.07) is 9.10. The molecule has 0 aromatic heterocycles. The zero-order valence-corrected chi connectivity index (χ0v) is 13.3. The Morgan fingerprint density at radius 1 is 1.30 bits per heavy atom. The zero-order chi connectivity index (χ0) is 14.2. The van der Waals surface area contributed by atoms with Gasteiger partial charge in [0, 0.05) is 23.5 Å². The molecule has 2 aliphatic rings. The first-order chi connectivity index (χ1) is 9.62. The molecule has 1 aromatic carbocycles. The minimum absolute atomic E-state index is 0.433. The topological polar surface area (TPSA) is 15.3 Å². The van der Waals surface area contributed by atoms with Gasteiger partial charge in [-0.2, -0.15) is 0 Å². The van der Waals surface area contributed by atoms with Crippen LogP contribution in [0.2, 0.25) is 5.02 Å². The molecule has 3 heteroatoms. The van der Waals surface area contributed by atoms with Gasteiger partial charge in [-0.3, -0.25) is 0 Å². The van der Waals surface area contributed by atoms with Crippen molar-refractivity contribution < 1.29 is 0 Å². The Bertz CT molecular complexity index is 476. The quantitative estimate of drug-likeness (QED) is 0.852. The van der Waals surface area contributed by atoms with Gasteiger partial charge in [-0.15, -0.1) is 0 Å². The highest BCUT2D eigenvalue weighted by atomic mass is 35.5. The summed E-state index contributed by atoms with van der Waals surface area (Å²) < 4.78 is 0. The van der Waals surface area contributed by atoms with Gasteiger partial charge in [0.15, 0.2) is 0 Å². The number of hydrogen-bond donors (Lipinski definition) is 1. The summed E-state index contributed by atoms with van der Waals surface area (Å²) in [5.74, 6) is 0.557. The van der Waals surface area contributed by atoms with Crippen molar-refractivity contribution in [3.63, 3.8) is 0 Å². The van der Waals surface area contributed by atoms with Crippen molar-refractivity contribution >= 4 is 11.6 Å². The smallest absolute Gasteiger partial charge is 0.0441 e. The van der Waals surface area contributed by atoms with Crippen LogP contribution in [-0.2, 0) is 0 Å². The highest BCUT2D eigenvalue weighted by molar-refractivity contribution is 6.31. The summed E-state index contributed by atoms with van der Waals surface area (Å²) in [6.07, 6.45) is 3.87. The van der Waals surface area contributed by atoms with Crippen LogP contribution in [0.1, 0.15) is 37.7 Å². The fourth-order valence-corrected chi connectivity index (χ4v) is 4.45. The minimum Gasteiger partial charge on any atom is -0.316 e. The molecule has 0 radical (unpaired) electrons. The molecular formula is C17H25ClN2. The van der Waals surface area contributed by atoms with Gasteiger partial charge in [0.2, 0.25) is 0 Å². The Hall–Kier alpha value is -0.570. The third kappa shape index (κ3) is 2.49. The van der Waals surface area contributed by atoms with E-state index in [1.807, 2.05) is 12.1 Å². The lowest BCUT2D eigenvalue weighted by Crippen LogP contribution is -2.52. The largest absolute Gasteiger partial charge is 0.316 e. The van der Waals surface area contributed by atoms with E-state index in [4.69, 9.17) is 11.6 Å². The van der Waals surface area contributed by atoms with Crippen molar-refractivity contribution in [2.24, 2.45) is 5.41 Å². The lowest BCUT2D eigenvalue weighted by molar-refractivity contribution is 0.0321. The van der Waals surface area contributed by atoms with E-state index in [0.29, 0.717) is 17.4 Å². The number of likely N-dealkylation sites (tertiary alicyclic amines) is 1. The van der Waals surface area contributed by atoms with Crippen LogP contribution in [0.5, 0.6) is 0 Å². The molecule has 3 rings (SSSR count). The van der Waals surface area contributed by atoms with E-state index in [1.165, 1.54) is 31.4 Å². The van der Waals surface area contributed by atoms with Crippen LogP contribution in [0.3, 0.4) is 0 Å². The molecule has 0 bridgehead atoms. The van der Waals surface area contributed by atoms with E-state index >= 15 is 0 Å². The van der Waals surface area contributed by atoms with Gasteiger partial charge in [0.05, 0.1) is 0 Å². The van der Waals surface area contributed by atoms with E-state index in [9.17, 15) is 0 Å². The molecule has 1 N–H and O–H groups in total. The second kappa shape index (κ2) is 5.67. The van der Waals surface area contributed by atoms with Crippen molar-refractivity contribution in [1.29, 1.82) is 0 Å². The number of hydrogen-bond acceptors (Lipinski definition) is 2. The maximum atomic E-state index is 6.49. The highest BCUT2D eigenvalue weighted by Gasteiger charge is 2.45. The van der Waals surface area contributed by atoms with Crippen molar-refractivity contribution in [2.75, 3.05) is 26.7 Å². The average molecular weight is 293 g/mol. The van der Waals surface area contributed by atoms with Gasteiger partial charge in [-0.05, 0) is 63.4 Å². The second-order valence-corrected chi connectivity index (χ2v) is 7.08. The van der Waals surface area contributed by atoms with Gasteiger partial charge in [-0.25, -0.2) is 0 Å². The molecule has 2 fully saturated rings. The lowest BCUT2D eigenvalue weighted by Gasteiger charge is -2.51. The fourth-order valence-electron chi connectivity index (χ4n) is 4.18. The number of nitrogens with one attached hydrogen (secondary N) is 1. The van der Waals surface area contributed by atoms with Crippen LogP contribution in [-0.4, -0.2) is 37.6 Å². The van der Waals surface area contributed by atoms with Crippen molar-refractivity contribution in [1.82, 2.24) is 10.2 Å². The second-order valence-electron chi connectivity index (χ2n) is 6.67. The maximum Gasteiger partial charge on any atom is 0.0441 e. The standard InChI is InChI=1S/C17H25ClN2/c1-13-11-17(8-10-20(13)2)7-9-19-12-15(17)14-5-3-4-6-16(14)18/h3-6,13,15,19H,7-12H2,1-2H3. The zero-order valence-electron chi connectivity index (χ0n) is 12.5. The van der Waals surface area contributed by atoms with Gasteiger partial charge in [0.1, 0.15) is 0 Å². The highest BCUT2D eigenvalue weighted by Crippen LogP contribution is 2.50. The first-order valence-electron chi connectivity index (χ1n) is 7.78. The maximum absolute atomic E-state index is 6.49. The minimum atomic E-state index is 0.433. The van der Waals surface area contributed by atoms with Crippen LogP contribution in [0.25, 0.3) is 0 Å². The molecule has 3 unspecified atom stereocenters. The third-order valence-electron chi connectivity index (χ3n) is 5.58. The van der Waals surface area contributed by atoms with E-state index in [2.05, 4.69) is 36.3 Å². The first-order valence-corrected chi connectivity index (χ1v) is 8.15. The van der Waals surface area contributed by atoms with Crippen LogP contribution < -0.4 is 5.32 Å². The Kier molecular flexibility index (Phi) is 4.07. The Balaban J connectivity index is 1.94. The van der Waals surface area contributed by atoms with Gasteiger partial charge >= 0.3 is 0 Å². The van der Waals surface area contributed by atoms with E-state index < -0.39 is 0 Å². The van der Waals surface area contributed by atoms with Crippen LogP contribution >= 0.6 is 11.6 Å². The predicted octanol–water partition coefficient (Wildman–Crippen LogP) is 3.52. The molecule has 3 atom stereocenters. The molecule has 110 valence electrons. The Morgan fingerprint density at radius 2 is 2.10 bits per heavy atom. The summed E-state index contributed by atoms with van der Waals surface area (Å²) in [6.45, 7) is 5.80. The van der Waals surface area contributed by atoms with Crippen molar-refractivity contribution in [3.8, 4) is 0 Å². The van der Waals surface area contributed by atoms with Crippen LogP contribution in [0.4, 0.5) is 0 Å². The van der Waals surface area contributed by atoms with Crippen molar-refractivity contribution in [2.45, 2.75) is 38.1 Å². The molecule has 20 heavy (non-hydrogen) atoms. The number of nitrogens with zero attached hydrogens (tertiary/aromatic N) is 1. The monoisotopic (exact) mass is 292 g/mol. The average Bonchev–Trinajstić information content (AvgIpc) is 2.45. The summed E-state index contributed by atoms with van der Waals surface area (Å²) in [7, 11) is 2.25.